The highest BCUT2D eigenvalue weighted by molar-refractivity contribution is 7.91. The first-order valence-corrected chi connectivity index (χ1v) is 9.46. The van der Waals surface area contributed by atoms with E-state index >= 15 is 0 Å². The van der Waals surface area contributed by atoms with Crippen molar-refractivity contribution < 1.29 is 17.9 Å². The van der Waals surface area contributed by atoms with Gasteiger partial charge in [-0.05, 0) is 31.4 Å². The van der Waals surface area contributed by atoms with Gasteiger partial charge in [0, 0.05) is 12.6 Å². The Morgan fingerprint density at radius 1 is 1.39 bits per heavy atom. The van der Waals surface area contributed by atoms with Crippen molar-refractivity contribution in [3.8, 4) is 5.75 Å². The molecule has 0 unspecified atom stereocenters. The molecule has 1 aromatic rings. The number of benzene rings is 1. The molecule has 126 valence electrons. The second-order valence-electron chi connectivity index (χ2n) is 5.90. The first-order valence-electron chi connectivity index (χ1n) is 7.64. The summed E-state index contributed by atoms with van der Waals surface area (Å²) in [5.74, 6) is 0.653. The number of carbonyl (C=O) groups is 1. The maximum atomic E-state index is 12.5. The van der Waals surface area contributed by atoms with E-state index in [4.69, 9.17) is 4.74 Å². The third-order valence-corrected chi connectivity index (χ3v) is 5.79. The summed E-state index contributed by atoms with van der Waals surface area (Å²) in [6.07, 6.45) is 2.09. The van der Waals surface area contributed by atoms with E-state index in [2.05, 4.69) is 6.58 Å². The molecule has 0 aliphatic carbocycles. The average Bonchev–Trinajstić information content (AvgIpc) is 2.84. The number of hydrogen-bond donors (Lipinski definition) is 0. The van der Waals surface area contributed by atoms with Gasteiger partial charge in [-0.15, -0.1) is 6.58 Å². The van der Waals surface area contributed by atoms with Gasteiger partial charge in [0.25, 0.3) is 5.91 Å². The molecule has 1 fully saturated rings. The second kappa shape index (κ2) is 7.17. The molecule has 1 atom stereocenters. The lowest BCUT2D eigenvalue weighted by molar-refractivity contribution is -0.134. The van der Waals surface area contributed by atoms with Crippen molar-refractivity contribution in [2.45, 2.75) is 26.3 Å². The smallest absolute Gasteiger partial charge is 0.261 e. The summed E-state index contributed by atoms with van der Waals surface area (Å²) < 4.78 is 29.0. The molecule has 1 amide bonds. The predicted octanol–water partition coefficient (Wildman–Crippen LogP) is 1.88. The Hall–Kier alpha value is -1.82. The van der Waals surface area contributed by atoms with Crippen molar-refractivity contribution in [3.05, 3.63) is 42.0 Å². The van der Waals surface area contributed by atoms with Crippen LogP contribution in [0.3, 0.4) is 0 Å². The quantitative estimate of drug-likeness (QED) is 0.744. The van der Waals surface area contributed by atoms with Gasteiger partial charge in [0.05, 0.1) is 11.5 Å². The highest BCUT2D eigenvalue weighted by Gasteiger charge is 2.34. The molecule has 0 spiro atoms. The molecular formula is C17H23NO4S. The summed E-state index contributed by atoms with van der Waals surface area (Å²) in [5.41, 5.74) is 1.94. The van der Waals surface area contributed by atoms with Gasteiger partial charge in [0.15, 0.2) is 16.4 Å². The Balaban J connectivity index is 2.06. The molecule has 23 heavy (non-hydrogen) atoms. The fourth-order valence-electron chi connectivity index (χ4n) is 2.86. The molecule has 0 radical (unpaired) electrons. The number of carbonyl (C=O) groups excluding carboxylic acids is 1. The van der Waals surface area contributed by atoms with Gasteiger partial charge in [-0.25, -0.2) is 8.42 Å². The summed E-state index contributed by atoms with van der Waals surface area (Å²) in [7, 11) is -3.04. The van der Waals surface area contributed by atoms with E-state index in [1.54, 1.807) is 11.0 Å². The van der Waals surface area contributed by atoms with Gasteiger partial charge < -0.3 is 9.64 Å². The molecule has 0 saturated carbocycles. The van der Waals surface area contributed by atoms with Crippen molar-refractivity contribution in [2.75, 3.05) is 24.7 Å². The normalized spacial score (nSPS) is 19.3. The number of rotatable bonds is 6. The molecule has 1 saturated heterocycles. The van der Waals surface area contributed by atoms with Gasteiger partial charge >= 0.3 is 0 Å². The lowest BCUT2D eigenvalue weighted by atomic mass is 10.1. The molecule has 5 nitrogen and oxygen atoms in total. The van der Waals surface area contributed by atoms with E-state index in [9.17, 15) is 13.2 Å². The summed E-state index contributed by atoms with van der Waals surface area (Å²) in [6, 6.07) is 5.51. The molecule has 2 rings (SSSR count). The molecule has 0 aromatic heterocycles. The van der Waals surface area contributed by atoms with Crippen LogP contribution in [0.15, 0.2) is 30.9 Å². The largest absolute Gasteiger partial charge is 0.483 e. The molecule has 0 N–H and O–H groups in total. The van der Waals surface area contributed by atoms with E-state index in [-0.39, 0.29) is 30.1 Å². The van der Waals surface area contributed by atoms with Crippen LogP contribution in [-0.2, 0) is 14.6 Å². The number of amides is 1. The number of nitrogens with zero attached hydrogens (tertiary/aromatic N) is 1. The minimum absolute atomic E-state index is 0.0238. The SMILES string of the molecule is C=CCN(C(=O)COc1c(C)cccc1C)[C@H]1CCS(=O)(=O)C1. The summed E-state index contributed by atoms with van der Waals surface area (Å²) in [6.45, 7) is 7.74. The van der Waals surface area contributed by atoms with E-state index in [0.29, 0.717) is 18.7 Å². The van der Waals surface area contributed by atoms with Crippen LogP contribution in [-0.4, -0.2) is 49.9 Å². The van der Waals surface area contributed by atoms with Gasteiger partial charge in [-0.2, -0.15) is 0 Å². The van der Waals surface area contributed by atoms with Crippen molar-refractivity contribution in [1.29, 1.82) is 0 Å². The highest BCUT2D eigenvalue weighted by Crippen LogP contribution is 2.23. The Morgan fingerprint density at radius 3 is 2.57 bits per heavy atom. The molecule has 1 aromatic carbocycles. The topological polar surface area (TPSA) is 63.7 Å². The lowest BCUT2D eigenvalue weighted by Gasteiger charge is -2.27. The van der Waals surface area contributed by atoms with E-state index in [1.165, 1.54) is 0 Å². The molecule has 1 aliphatic heterocycles. The zero-order valence-corrected chi connectivity index (χ0v) is 14.4. The Labute approximate surface area is 137 Å². The third-order valence-electron chi connectivity index (χ3n) is 4.04. The number of hydrogen-bond acceptors (Lipinski definition) is 4. The van der Waals surface area contributed by atoms with Crippen LogP contribution < -0.4 is 4.74 Å². The van der Waals surface area contributed by atoms with Crippen LogP contribution in [0.2, 0.25) is 0 Å². The standard InChI is InChI=1S/C17H23NO4S/c1-4-9-18(15-8-10-23(20,21)12-15)16(19)11-22-17-13(2)6-5-7-14(17)3/h4-7,15H,1,8-12H2,2-3H3/t15-/m0/s1. The first-order chi connectivity index (χ1) is 10.8. The number of sulfone groups is 1. The van der Waals surface area contributed by atoms with Gasteiger partial charge in [0.2, 0.25) is 0 Å². The summed E-state index contributed by atoms with van der Waals surface area (Å²) in [4.78, 5) is 14.0. The van der Waals surface area contributed by atoms with Crippen molar-refractivity contribution in [1.82, 2.24) is 4.90 Å². The minimum Gasteiger partial charge on any atom is -0.483 e. The highest BCUT2D eigenvalue weighted by atomic mass is 32.2. The molecule has 0 bridgehead atoms. The zero-order chi connectivity index (χ0) is 17.0. The molecule has 1 aliphatic rings. The van der Waals surface area contributed by atoms with Gasteiger partial charge in [0.1, 0.15) is 5.75 Å². The Morgan fingerprint density at radius 2 is 2.04 bits per heavy atom. The van der Waals surface area contributed by atoms with Crippen molar-refractivity contribution in [3.63, 3.8) is 0 Å². The maximum Gasteiger partial charge on any atom is 0.261 e. The van der Waals surface area contributed by atoms with Crippen LogP contribution in [0.1, 0.15) is 17.5 Å². The zero-order valence-electron chi connectivity index (χ0n) is 13.6. The van der Waals surface area contributed by atoms with Crippen molar-refractivity contribution >= 4 is 15.7 Å². The molecule has 6 heteroatoms. The van der Waals surface area contributed by atoms with Crippen LogP contribution >= 0.6 is 0 Å². The van der Waals surface area contributed by atoms with Crippen molar-refractivity contribution in [2.24, 2.45) is 0 Å². The number of para-hydroxylation sites is 1. The fraction of sp³-hybridized carbons (Fsp3) is 0.471. The monoisotopic (exact) mass is 337 g/mol. The summed E-state index contributed by atoms with van der Waals surface area (Å²) >= 11 is 0. The van der Waals surface area contributed by atoms with Crippen LogP contribution in [0.5, 0.6) is 5.75 Å². The van der Waals surface area contributed by atoms with Crippen LogP contribution in [0.25, 0.3) is 0 Å². The lowest BCUT2D eigenvalue weighted by Crippen LogP contribution is -2.43. The van der Waals surface area contributed by atoms with E-state index < -0.39 is 9.84 Å². The molecule has 1 heterocycles. The maximum absolute atomic E-state index is 12.5. The van der Waals surface area contributed by atoms with E-state index in [0.717, 1.165) is 11.1 Å². The van der Waals surface area contributed by atoms with Gasteiger partial charge in [-0.1, -0.05) is 24.3 Å². The Bertz CT molecular complexity index is 676. The van der Waals surface area contributed by atoms with Crippen LogP contribution in [0, 0.1) is 13.8 Å². The predicted molar refractivity (Wildman–Crippen MR) is 90.4 cm³/mol. The molecular weight excluding hydrogens is 314 g/mol. The van der Waals surface area contributed by atoms with Crippen LogP contribution in [0.4, 0.5) is 0 Å². The first kappa shape index (κ1) is 17.5. The van der Waals surface area contributed by atoms with Gasteiger partial charge in [-0.3, -0.25) is 4.79 Å². The Kier molecular flexibility index (Phi) is 5.46. The minimum atomic E-state index is -3.04. The van der Waals surface area contributed by atoms with E-state index in [1.807, 2.05) is 32.0 Å². The number of ether oxygens (including phenoxy) is 1. The second-order valence-corrected chi connectivity index (χ2v) is 8.13. The number of aryl methyl sites for hydroxylation is 2. The summed E-state index contributed by atoms with van der Waals surface area (Å²) in [5, 5.41) is 0. The fourth-order valence-corrected chi connectivity index (χ4v) is 4.59. The average molecular weight is 337 g/mol. The third kappa shape index (κ3) is 4.34.